The zero-order chi connectivity index (χ0) is 15.2. The van der Waals surface area contributed by atoms with Gasteiger partial charge in [-0.1, -0.05) is 6.07 Å². The molecule has 6 heteroatoms. The molecule has 0 aliphatic heterocycles. The van der Waals surface area contributed by atoms with Crippen LogP contribution >= 0.6 is 0 Å². The first-order valence-corrected chi connectivity index (χ1v) is 7.20. The summed E-state index contributed by atoms with van der Waals surface area (Å²) in [5.41, 5.74) is 1.16. The second-order valence-corrected chi connectivity index (χ2v) is 6.13. The minimum atomic E-state index is -2.52. The van der Waals surface area contributed by atoms with Gasteiger partial charge in [0.1, 0.15) is 0 Å². The standard InChI is InChI=1S/C15H19F2NO3/c16-15(17)5-8(6-15)7-18-11-3-1-10-9(13(11)20)2-4-12(19)14(10)21/h2,4,8,11,13,18-21H,1,3,5-7H2/t11-,13-/m1/s1. The van der Waals surface area contributed by atoms with Crippen LogP contribution in [0.25, 0.3) is 0 Å². The molecule has 3 rings (SSSR count). The van der Waals surface area contributed by atoms with Crippen LogP contribution < -0.4 is 5.32 Å². The molecular formula is C15H19F2NO3. The van der Waals surface area contributed by atoms with E-state index >= 15 is 0 Å². The molecule has 4 N–H and O–H groups in total. The number of alkyl halides is 2. The van der Waals surface area contributed by atoms with Gasteiger partial charge in [-0.25, -0.2) is 8.78 Å². The fraction of sp³-hybridized carbons (Fsp3) is 0.600. The van der Waals surface area contributed by atoms with Gasteiger partial charge in [0.25, 0.3) is 0 Å². The summed E-state index contributed by atoms with van der Waals surface area (Å²) in [5.74, 6) is -2.93. The van der Waals surface area contributed by atoms with Crippen molar-refractivity contribution in [2.24, 2.45) is 5.92 Å². The number of nitrogens with one attached hydrogen (secondary N) is 1. The number of hydrogen-bond acceptors (Lipinski definition) is 4. The van der Waals surface area contributed by atoms with Crippen molar-refractivity contribution in [2.45, 2.75) is 43.8 Å². The number of hydrogen-bond donors (Lipinski definition) is 4. The second kappa shape index (κ2) is 5.10. The van der Waals surface area contributed by atoms with Crippen LogP contribution in [0.4, 0.5) is 8.78 Å². The number of fused-ring (bicyclic) bond motifs is 1. The molecule has 4 nitrogen and oxygen atoms in total. The lowest BCUT2D eigenvalue weighted by Gasteiger charge is -2.38. The number of aromatic hydroxyl groups is 2. The fourth-order valence-corrected chi connectivity index (χ4v) is 3.31. The van der Waals surface area contributed by atoms with Crippen LogP contribution in [-0.2, 0) is 6.42 Å². The molecule has 1 aromatic rings. The van der Waals surface area contributed by atoms with Gasteiger partial charge in [0.15, 0.2) is 11.5 Å². The molecular weight excluding hydrogens is 280 g/mol. The van der Waals surface area contributed by atoms with Crippen molar-refractivity contribution in [3.63, 3.8) is 0 Å². The topological polar surface area (TPSA) is 72.7 Å². The average molecular weight is 299 g/mol. The Morgan fingerprint density at radius 2 is 1.95 bits per heavy atom. The van der Waals surface area contributed by atoms with Crippen molar-refractivity contribution in [3.8, 4) is 11.5 Å². The van der Waals surface area contributed by atoms with Gasteiger partial charge < -0.3 is 20.6 Å². The third-order valence-corrected chi connectivity index (χ3v) is 4.55. The third kappa shape index (κ3) is 2.70. The Labute approximate surface area is 121 Å². The van der Waals surface area contributed by atoms with Gasteiger partial charge in [-0.3, -0.25) is 0 Å². The van der Waals surface area contributed by atoms with E-state index in [1.165, 1.54) is 6.07 Å². The van der Waals surface area contributed by atoms with Gasteiger partial charge in [-0.05, 0) is 36.9 Å². The molecule has 0 heterocycles. The summed E-state index contributed by atoms with van der Waals surface area (Å²) in [5, 5.41) is 32.8. The molecule has 116 valence electrons. The number of aliphatic hydroxyl groups excluding tert-OH is 1. The summed E-state index contributed by atoms with van der Waals surface area (Å²) in [7, 11) is 0. The predicted octanol–water partition coefficient (Wildman–Crippen LogP) is 2.08. The smallest absolute Gasteiger partial charge is 0.248 e. The SMILES string of the molecule is Oc1ccc2c(c1O)CC[C@@H](NCC1CC(F)(F)C1)[C@@H]2O. The van der Waals surface area contributed by atoms with Crippen molar-refractivity contribution in [1.29, 1.82) is 0 Å². The lowest BCUT2D eigenvalue weighted by molar-refractivity contribution is -0.110. The Bertz CT molecular complexity index is 542. The van der Waals surface area contributed by atoms with Gasteiger partial charge >= 0.3 is 0 Å². The lowest BCUT2D eigenvalue weighted by Crippen LogP contribution is -2.46. The van der Waals surface area contributed by atoms with Crippen LogP contribution in [0.5, 0.6) is 11.5 Å². The van der Waals surface area contributed by atoms with E-state index in [2.05, 4.69) is 5.32 Å². The molecule has 0 radical (unpaired) electrons. The van der Waals surface area contributed by atoms with E-state index in [-0.39, 0.29) is 36.3 Å². The maximum atomic E-state index is 12.8. The first-order valence-electron chi connectivity index (χ1n) is 7.20. The van der Waals surface area contributed by atoms with Crippen molar-refractivity contribution >= 4 is 0 Å². The summed E-state index contributed by atoms with van der Waals surface area (Å²) in [6.07, 6.45) is 0.141. The summed E-state index contributed by atoms with van der Waals surface area (Å²) >= 11 is 0. The van der Waals surface area contributed by atoms with E-state index in [9.17, 15) is 24.1 Å². The highest BCUT2D eigenvalue weighted by Crippen LogP contribution is 2.43. The Morgan fingerprint density at radius 1 is 1.24 bits per heavy atom. The maximum Gasteiger partial charge on any atom is 0.248 e. The Balaban J connectivity index is 1.63. The highest BCUT2D eigenvalue weighted by Gasteiger charge is 2.45. The number of phenolic OH excluding ortho intramolecular Hbond substituents is 2. The summed E-state index contributed by atoms with van der Waals surface area (Å²) < 4.78 is 25.6. The van der Waals surface area contributed by atoms with E-state index in [0.717, 1.165) is 0 Å². The fourth-order valence-electron chi connectivity index (χ4n) is 3.31. The van der Waals surface area contributed by atoms with Gasteiger partial charge in [-0.15, -0.1) is 0 Å². The molecule has 21 heavy (non-hydrogen) atoms. The van der Waals surface area contributed by atoms with Crippen LogP contribution in [0.3, 0.4) is 0 Å². The third-order valence-electron chi connectivity index (χ3n) is 4.55. The highest BCUT2D eigenvalue weighted by atomic mass is 19.3. The predicted molar refractivity (Wildman–Crippen MR) is 72.5 cm³/mol. The van der Waals surface area contributed by atoms with Crippen LogP contribution in [0.2, 0.25) is 0 Å². The van der Waals surface area contributed by atoms with E-state index in [1.807, 2.05) is 0 Å². The van der Waals surface area contributed by atoms with Crippen LogP contribution in [-0.4, -0.2) is 33.8 Å². The average Bonchev–Trinajstić information content (AvgIpc) is 2.40. The molecule has 1 saturated carbocycles. The monoisotopic (exact) mass is 299 g/mol. The molecule has 1 aromatic carbocycles. The molecule has 1 fully saturated rings. The van der Waals surface area contributed by atoms with Crippen LogP contribution in [0.1, 0.15) is 36.5 Å². The molecule has 0 saturated heterocycles. The van der Waals surface area contributed by atoms with Crippen molar-refractivity contribution in [3.05, 3.63) is 23.3 Å². The normalized spacial score (nSPS) is 28.0. The summed E-state index contributed by atoms with van der Waals surface area (Å²) in [6.45, 7) is 0.469. The highest BCUT2D eigenvalue weighted by molar-refractivity contribution is 5.51. The van der Waals surface area contributed by atoms with E-state index in [1.54, 1.807) is 6.07 Å². The number of rotatable bonds is 3. The van der Waals surface area contributed by atoms with Crippen LogP contribution in [0.15, 0.2) is 12.1 Å². The van der Waals surface area contributed by atoms with Gasteiger partial charge in [-0.2, -0.15) is 0 Å². The minimum absolute atomic E-state index is 0.0400. The molecule has 0 aromatic heterocycles. The first-order chi connectivity index (χ1) is 9.87. The molecule has 2 aliphatic rings. The van der Waals surface area contributed by atoms with Crippen molar-refractivity contribution < 1.29 is 24.1 Å². The van der Waals surface area contributed by atoms with Crippen LogP contribution in [0, 0.1) is 5.92 Å². The van der Waals surface area contributed by atoms with E-state index < -0.39 is 12.0 Å². The number of halogens is 2. The summed E-state index contributed by atoms with van der Waals surface area (Å²) in [6, 6.07) is 2.74. The second-order valence-electron chi connectivity index (χ2n) is 6.13. The minimum Gasteiger partial charge on any atom is -0.504 e. The van der Waals surface area contributed by atoms with Crippen molar-refractivity contribution in [2.75, 3.05) is 6.54 Å². The molecule has 2 atom stereocenters. The van der Waals surface area contributed by atoms with Gasteiger partial charge in [0.05, 0.1) is 6.10 Å². The van der Waals surface area contributed by atoms with E-state index in [4.69, 9.17) is 0 Å². The zero-order valence-electron chi connectivity index (χ0n) is 11.5. The number of phenols is 2. The first kappa shape index (κ1) is 14.5. The maximum absolute atomic E-state index is 12.8. The Hall–Kier alpha value is -1.40. The van der Waals surface area contributed by atoms with Gasteiger partial charge in [0.2, 0.25) is 5.92 Å². The lowest BCUT2D eigenvalue weighted by atomic mass is 9.80. The molecule has 0 amide bonds. The zero-order valence-corrected chi connectivity index (χ0v) is 11.5. The Kier molecular flexibility index (Phi) is 3.53. The molecule has 0 bridgehead atoms. The van der Waals surface area contributed by atoms with Crippen molar-refractivity contribution in [1.82, 2.24) is 5.32 Å². The molecule has 0 spiro atoms. The van der Waals surface area contributed by atoms with Gasteiger partial charge in [0, 0.05) is 24.4 Å². The molecule has 2 aliphatic carbocycles. The number of benzene rings is 1. The number of aliphatic hydroxyl groups is 1. The largest absolute Gasteiger partial charge is 0.504 e. The Morgan fingerprint density at radius 3 is 2.62 bits per heavy atom. The summed E-state index contributed by atoms with van der Waals surface area (Å²) in [4.78, 5) is 0. The quantitative estimate of drug-likeness (QED) is 0.645. The van der Waals surface area contributed by atoms with E-state index in [0.29, 0.717) is 30.5 Å². The molecule has 0 unspecified atom stereocenters.